The smallest absolute Gasteiger partial charge is 0.226 e. The minimum absolute atomic E-state index is 0.0930. The molecule has 25 heavy (non-hydrogen) atoms. The lowest BCUT2D eigenvalue weighted by Crippen LogP contribution is -2.04. The van der Waals surface area contributed by atoms with E-state index in [1.165, 1.54) is 12.4 Å². The number of H-pyrrole nitrogens is 2. The Balaban J connectivity index is 1.86. The van der Waals surface area contributed by atoms with Crippen molar-refractivity contribution in [2.24, 2.45) is 0 Å². The van der Waals surface area contributed by atoms with E-state index >= 15 is 0 Å². The molecule has 2 aromatic heterocycles. The second-order valence-corrected chi connectivity index (χ2v) is 7.44. The van der Waals surface area contributed by atoms with Crippen molar-refractivity contribution in [1.82, 2.24) is 15.2 Å². The maximum atomic E-state index is 13.3. The molecule has 5 nitrogen and oxygen atoms in total. The molecule has 4 aromatic rings. The third kappa shape index (κ3) is 2.66. The summed E-state index contributed by atoms with van der Waals surface area (Å²) in [5, 5.41) is 6.72. The Kier molecular flexibility index (Phi) is 3.74. The molecule has 0 saturated heterocycles. The van der Waals surface area contributed by atoms with Crippen LogP contribution in [0.5, 0.6) is 0 Å². The number of rotatable bonds is 4. The lowest BCUT2D eigenvalue weighted by atomic mass is 10.1. The Morgan fingerprint density at radius 3 is 2.00 bits per heavy atom. The zero-order valence-electron chi connectivity index (χ0n) is 13.2. The number of hydrogen-bond acceptors (Lipinski definition) is 3. The molecular weight excluding hydrogens is 334 g/mol. The van der Waals surface area contributed by atoms with E-state index in [0.29, 0.717) is 11.1 Å². The van der Waals surface area contributed by atoms with Crippen LogP contribution < -0.4 is 0 Å². The molecule has 0 unspecified atom stereocenters. The van der Waals surface area contributed by atoms with E-state index in [9.17, 15) is 8.42 Å². The van der Waals surface area contributed by atoms with Crippen molar-refractivity contribution in [2.75, 3.05) is 0 Å². The molecule has 0 atom stereocenters. The van der Waals surface area contributed by atoms with Gasteiger partial charge in [-0.1, -0.05) is 60.7 Å². The second kappa shape index (κ2) is 6.07. The molecule has 2 aromatic carbocycles. The maximum Gasteiger partial charge on any atom is 0.226 e. The molecule has 0 aliphatic heterocycles. The van der Waals surface area contributed by atoms with E-state index in [1.54, 1.807) is 6.20 Å². The van der Waals surface area contributed by atoms with Crippen LogP contribution in [0.1, 0.15) is 0 Å². The fourth-order valence-corrected chi connectivity index (χ4v) is 4.37. The van der Waals surface area contributed by atoms with Crippen LogP contribution in [0.25, 0.3) is 22.3 Å². The van der Waals surface area contributed by atoms with Gasteiger partial charge in [0.1, 0.15) is 0 Å². The average molecular weight is 349 g/mol. The minimum Gasteiger partial charge on any atom is -0.366 e. The topological polar surface area (TPSA) is 78.6 Å². The number of aromatic nitrogens is 3. The average Bonchev–Trinajstić information content (AvgIpc) is 3.33. The predicted octanol–water partition coefficient (Wildman–Crippen LogP) is 3.90. The van der Waals surface area contributed by atoms with Crippen molar-refractivity contribution < 1.29 is 8.42 Å². The Hall–Kier alpha value is -3.12. The lowest BCUT2D eigenvalue weighted by Gasteiger charge is -2.07. The van der Waals surface area contributed by atoms with E-state index in [1.807, 2.05) is 60.7 Å². The molecule has 0 fully saturated rings. The summed E-state index contributed by atoms with van der Waals surface area (Å²) in [5.41, 5.74) is 2.82. The molecule has 0 saturated carbocycles. The number of nitrogens with zero attached hydrogens (tertiary/aromatic N) is 1. The van der Waals surface area contributed by atoms with Crippen LogP contribution in [0.15, 0.2) is 89.2 Å². The van der Waals surface area contributed by atoms with Gasteiger partial charge in [-0.05, 0) is 11.1 Å². The van der Waals surface area contributed by atoms with Crippen LogP contribution in [0.2, 0.25) is 0 Å². The standard InChI is InChI=1S/C19H15N3O2S/c23-25(24,18-13-20-11-16(18)14-7-3-1-4-8-14)19-17(12-21-22-19)15-9-5-2-6-10-15/h1-13,20H,(H,21,22). The summed E-state index contributed by atoms with van der Waals surface area (Å²) in [6, 6.07) is 18.8. The SMILES string of the molecule is O=S(=O)(c1c[nH]cc1-c1ccccc1)c1[nH]ncc1-c1ccccc1. The van der Waals surface area contributed by atoms with E-state index in [2.05, 4.69) is 15.2 Å². The second-order valence-electron chi connectivity index (χ2n) is 5.58. The van der Waals surface area contributed by atoms with Crippen LogP contribution in [-0.4, -0.2) is 23.6 Å². The lowest BCUT2D eigenvalue weighted by molar-refractivity contribution is 0.592. The summed E-state index contributed by atoms with van der Waals surface area (Å²) in [7, 11) is -3.76. The minimum atomic E-state index is -3.76. The molecule has 0 amide bonds. The van der Waals surface area contributed by atoms with E-state index in [-0.39, 0.29) is 9.92 Å². The first-order chi connectivity index (χ1) is 12.2. The molecule has 4 rings (SSSR count). The van der Waals surface area contributed by atoms with Gasteiger partial charge in [-0.25, -0.2) is 8.42 Å². The van der Waals surface area contributed by atoms with E-state index in [4.69, 9.17) is 0 Å². The van der Waals surface area contributed by atoms with Crippen molar-refractivity contribution in [2.45, 2.75) is 9.92 Å². The highest BCUT2D eigenvalue weighted by Gasteiger charge is 2.27. The van der Waals surface area contributed by atoms with Gasteiger partial charge in [-0.15, -0.1) is 0 Å². The first kappa shape index (κ1) is 15.4. The van der Waals surface area contributed by atoms with Crippen LogP contribution in [0.4, 0.5) is 0 Å². The van der Waals surface area contributed by atoms with Crippen LogP contribution in [-0.2, 0) is 9.84 Å². The molecule has 6 heteroatoms. The highest BCUT2D eigenvalue weighted by Crippen LogP contribution is 2.34. The Morgan fingerprint density at radius 1 is 0.760 bits per heavy atom. The van der Waals surface area contributed by atoms with Gasteiger partial charge in [0, 0.05) is 23.5 Å². The molecular formula is C19H15N3O2S. The fraction of sp³-hybridized carbons (Fsp3) is 0. The molecule has 0 radical (unpaired) electrons. The van der Waals surface area contributed by atoms with Crippen LogP contribution in [0.3, 0.4) is 0 Å². The van der Waals surface area contributed by atoms with E-state index in [0.717, 1.165) is 11.1 Å². The number of aromatic amines is 2. The normalized spacial score (nSPS) is 11.5. The van der Waals surface area contributed by atoms with Gasteiger partial charge in [-0.3, -0.25) is 5.10 Å². The Labute approximate surface area is 145 Å². The molecule has 2 heterocycles. The van der Waals surface area contributed by atoms with Gasteiger partial charge >= 0.3 is 0 Å². The van der Waals surface area contributed by atoms with E-state index < -0.39 is 9.84 Å². The van der Waals surface area contributed by atoms with Crippen molar-refractivity contribution in [3.8, 4) is 22.3 Å². The predicted molar refractivity (Wildman–Crippen MR) is 95.7 cm³/mol. The summed E-state index contributed by atoms with van der Waals surface area (Å²) in [5.74, 6) is 0. The first-order valence-electron chi connectivity index (χ1n) is 7.74. The van der Waals surface area contributed by atoms with Crippen molar-refractivity contribution in [1.29, 1.82) is 0 Å². The van der Waals surface area contributed by atoms with Crippen LogP contribution in [0, 0.1) is 0 Å². The van der Waals surface area contributed by atoms with Crippen molar-refractivity contribution in [3.63, 3.8) is 0 Å². The third-order valence-corrected chi connectivity index (χ3v) is 5.81. The highest BCUT2D eigenvalue weighted by atomic mass is 32.2. The number of nitrogens with one attached hydrogen (secondary N) is 2. The number of sulfone groups is 1. The Morgan fingerprint density at radius 2 is 1.36 bits per heavy atom. The van der Waals surface area contributed by atoms with Gasteiger partial charge in [0.25, 0.3) is 0 Å². The maximum absolute atomic E-state index is 13.3. The van der Waals surface area contributed by atoms with Gasteiger partial charge in [0.2, 0.25) is 9.84 Å². The highest BCUT2D eigenvalue weighted by molar-refractivity contribution is 7.91. The van der Waals surface area contributed by atoms with Gasteiger partial charge < -0.3 is 4.98 Å². The van der Waals surface area contributed by atoms with Gasteiger partial charge in [-0.2, -0.15) is 5.10 Å². The zero-order valence-corrected chi connectivity index (χ0v) is 14.0. The number of benzene rings is 2. The van der Waals surface area contributed by atoms with Crippen molar-refractivity contribution in [3.05, 3.63) is 79.3 Å². The molecule has 0 bridgehead atoms. The first-order valence-corrected chi connectivity index (χ1v) is 9.22. The zero-order chi connectivity index (χ0) is 17.3. The van der Waals surface area contributed by atoms with Gasteiger partial charge in [0.15, 0.2) is 5.03 Å². The fourth-order valence-electron chi connectivity index (χ4n) is 2.83. The van der Waals surface area contributed by atoms with Crippen molar-refractivity contribution >= 4 is 9.84 Å². The molecule has 0 aliphatic carbocycles. The monoisotopic (exact) mass is 349 g/mol. The molecule has 0 spiro atoms. The largest absolute Gasteiger partial charge is 0.366 e. The van der Waals surface area contributed by atoms with Gasteiger partial charge in [0.05, 0.1) is 11.1 Å². The quantitative estimate of drug-likeness (QED) is 0.586. The summed E-state index contributed by atoms with van der Waals surface area (Å²) in [6.07, 6.45) is 4.74. The third-order valence-electron chi connectivity index (χ3n) is 4.04. The Bertz CT molecular complexity index is 1010. The summed E-state index contributed by atoms with van der Waals surface area (Å²) < 4.78 is 26.5. The van der Waals surface area contributed by atoms with Crippen LogP contribution >= 0.6 is 0 Å². The summed E-state index contributed by atoms with van der Waals surface area (Å²) in [4.78, 5) is 3.13. The molecule has 2 N–H and O–H groups in total. The summed E-state index contributed by atoms with van der Waals surface area (Å²) in [6.45, 7) is 0. The number of hydrogen-bond donors (Lipinski definition) is 2. The molecule has 124 valence electrons. The molecule has 0 aliphatic rings. The summed E-state index contributed by atoms with van der Waals surface area (Å²) >= 11 is 0.